The third-order valence-electron chi connectivity index (χ3n) is 3.78. The number of hydrogen-bond acceptors (Lipinski definition) is 5. The molecule has 0 aliphatic heterocycles. The Labute approximate surface area is 157 Å². The van der Waals surface area contributed by atoms with Crippen molar-refractivity contribution in [3.8, 4) is 10.6 Å². The van der Waals surface area contributed by atoms with Gasteiger partial charge in [-0.15, -0.1) is 11.3 Å². The minimum absolute atomic E-state index is 0.202. The molecule has 0 saturated carbocycles. The van der Waals surface area contributed by atoms with Crippen molar-refractivity contribution in [2.45, 2.75) is 17.9 Å². The van der Waals surface area contributed by atoms with Crippen LogP contribution in [0.4, 0.5) is 0 Å². The summed E-state index contributed by atoms with van der Waals surface area (Å²) in [5.74, 6) is 0. The molecule has 6 nitrogen and oxygen atoms in total. The number of benzene rings is 1. The van der Waals surface area contributed by atoms with E-state index < -0.39 is 10.0 Å². The maximum absolute atomic E-state index is 12.8. The largest absolute Gasteiger partial charge is 0.385 e. The number of ether oxygens (including phenoxy) is 1. The summed E-state index contributed by atoms with van der Waals surface area (Å²) in [5.41, 5.74) is 1.54. The Kier molecular flexibility index (Phi) is 6.20. The first-order chi connectivity index (χ1) is 12.6. The first-order valence-corrected chi connectivity index (χ1v) is 10.6. The molecule has 1 N–H and O–H groups in total. The van der Waals surface area contributed by atoms with Crippen LogP contribution in [0.15, 0.2) is 58.9 Å². The average Bonchev–Trinajstić information content (AvgIpc) is 3.29. The first kappa shape index (κ1) is 18.8. The lowest BCUT2D eigenvalue weighted by atomic mass is 10.2. The van der Waals surface area contributed by atoms with Crippen molar-refractivity contribution >= 4 is 21.4 Å². The van der Waals surface area contributed by atoms with Gasteiger partial charge in [0, 0.05) is 26.5 Å². The fourth-order valence-electron chi connectivity index (χ4n) is 2.54. The van der Waals surface area contributed by atoms with Crippen LogP contribution in [0.2, 0.25) is 0 Å². The standard InChI is InChI=1S/C18H21N3O3S2/c1-24-11-6-10-19-26(22,23)17-14-21(13-15-7-3-2-4-8-15)20-18(17)16-9-5-12-25-16/h2-5,7-9,12,14,19H,6,10-11,13H2,1H3. The minimum Gasteiger partial charge on any atom is -0.385 e. The van der Waals surface area contributed by atoms with Gasteiger partial charge in [-0.3, -0.25) is 4.68 Å². The van der Waals surface area contributed by atoms with E-state index in [0.717, 1.165) is 10.4 Å². The molecule has 0 saturated heterocycles. The molecule has 138 valence electrons. The topological polar surface area (TPSA) is 73.2 Å². The molecule has 0 aliphatic rings. The van der Waals surface area contributed by atoms with Gasteiger partial charge in [0.2, 0.25) is 10.0 Å². The summed E-state index contributed by atoms with van der Waals surface area (Å²) in [6.07, 6.45) is 2.21. The second kappa shape index (κ2) is 8.59. The third kappa shape index (κ3) is 4.59. The van der Waals surface area contributed by atoms with Crippen LogP contribution >= 0.6 is 11.3 Å². The zero-order valence-electron chi connectivity index (χ0n) is 14.5. The molecule has 0 spiro atoms. The second-order valence-corrected chi connectivity index (χ2v) is 8.43. The Morgan fingerprint density at radius 3 is 2.69 bits per heavy atom. The van der Waals surface area contributed by atoms with E-state index in [1.807, 2.05) is 47.8 Å². The van der Waals surface area contributed by atoms with Gasteiger partial charge in [0.05, 0.1) is 11.4 Å². The van der Waals surface area contributed by atoms with Crippen LogP contribution in [-0.4, -0.2) is 38.5 Å². The van der Waals surface area contributed by atoms with Crippen LogP contribution in [0.25, 0.3) is 10.6 Å². The maximum atomic E-state index is 12.8. The first-order valence-electron chi connectivity index (χ1n) is 8.24. The smallest absolute Gasteiger partial charge is 0.244 e. The Bertz CT molecular complexity index is 920. The summed E-state index contributed by atoms with van der Waals surface area (Å²) in [4.78, 5) is 1.03. The molecule has 0 bridgehead atoms. The Morgan fingerprint density at radius 1 is 1.19 bits per heavy atom. The molecule has 2 heterocycles. The molecule has 0 aliphatic carbocycles. The lowest BCUT2D eigenvalue weighted by Crippen LogP contribution is -2.25. The van der Waals surface area contributed by atoms with Crippen LogP contribution < -0.4 is 4.72 Å². The molecule has 1 aromatic carbocycles. The van der Waals surface area contributed by atoms with Gasteiger partial charge in [0.25, 0.3) is 0 Å². The Morgan fingerprint density at radius 2 is 2.00 bits per heavy atom. The van der Waals surface area contributed by atoms with Gasteiger partial charge in [0.15, 0.2) is 0 Å². The highest BCUT2D eigenvalue weighted by Gasteiger charge is 2.24. The lowest BCUT2D eigenvalue weighted by molar-refractivity contribution is 0.196. The van der Waals surface area contributed by atoms with Crippen molar-refractivity contribution in [1.29, 1.82) is 0 Å². The van der Waals surface area contributed by atoms with Crippen LogP contribution in [0, 0.1) is 0 Å². The number of hydrogen-bond donors (Lipinski definition) is 1. The van der Waals surface area contributed by atoms with Crippen molar-refractivity contribution in [3.05, 3.63) is 59.6 Å². The highest BCUT2D eigenvalue weighted by molar-refractivity contribution is 7.89. The summed E-state index contributed by atoms with van der Waals surface area (Å²) in [5, 5.41) is 6.45. The highest BCUT2D eigenvalue weighted by Crippen LogP contribution is 2.29. The molecule has 8 heteroatoms. The predicted molar refractivity (Wildman–Crippen MR) is 103 cm³/mol. The number of rotatable bonds is 9. The van der Waals surface area contributed by atoms with Crippen molar-refractivity contribution in [2.24, 2.45) is 0 Å². The van der Waals surface area contributed by atoms with E-state index in [2.05, 4.69) is 9.82 Å². The predicted octanol–water partition coefficient (Wildman–Crippen LogP) is 2.97. The molecule has 2 aromatic heterocycles. The van der Waals surface area contributed by atoms with Gasteiger partial charge in [-0.25, -0.2) is 13.1 Å². The fourth-order valence-corrected chi connectivity index (χ4v) is 4.56. The summed E-state index contributed by atoms with van der Waals surface area (Å²) in [6.45, 7) is 1.34. The van der Waals surface area contributed by atoms with Gasteiger partial charge >= 0.3 is 0 Å². The van der Waals surface area contributed by atoms with E-state index in [1.165, 1.54) is 11.3 Å². The Hall–Kier alpha value is -2.00. The normalized spacial score (nSPS) is 11.7. The van der Waals surface area contributed by atoms with Gasteiger partial charge in [0.1, 0.15) is 10.6 Å². The van der Waals surface area contributed by atoms with Crippen molar-refractivity contribution in [1.82, 2.24) is 14.5 Å². The van der Waals surface area contributed by atoms with Gasteiger partial charge in [-0.05, 0) is 23.4 Å². The molecular weight excluding hydrogens is 370 g/mol. The highest BCUT2D eigenvalue weighted by atomic mass is 32.2. The molecule has 3 rings (SSSR count). The minimum atomic E-state index is -3.65. The second-order valence-electron chi connectivity index (χ2n) is 5.75. The SMILES string of the molecule is COCCCNS(=O)(=O)c1cn(Cc2ccccc2)nc1-c1cccs1. The number of aromatic nitrogens is 2. The number of methoxy groups -OCH3 is 1. The number of sulfonamides is 1. The monoisotopic (exact) mass is 391 g/mol. The van der Waals surface area contributed by atoms with Gasteiger partial charge < -0.3 is 4.74 Å². The third-order valence-corrected chi connectivity index (χ3v) is 6.12. The van der Waals surface area contributed by atoms with E-state index in [-0.39, 0.29) is 4.90 Å². The summed E-state index contributed by atoms with van der Waals surface area (Å²) in [7, 11) is -2.06. The van der Waals surface area contributed by atoms with E-state index >= 15 is 0 Å². The molecule has 0 fully saturated rings. The van der Waals surface area contributed by atoms with Crippen LogP contribution in [0.3, 0.4) is 0 Å². The number of nitrogens with zero attached hydrogens (tertiary/aromatic N) is 2. The van der Waals surface area contributed by atoms with Crippen LogP contribution in [0.5, 0.6) is 0 Å². The maximum Gasteiger partial charge on any atom is 0.244 e. The van der Waals surface area contributed by atoms with Gasteiger partial charge in [-0.2, -0.15) is 5.10 Å². The number of nitrogens with one attached hydrogen (secondary N) is 1. The van der Waals surface area contributed by atoms with Crippen molar-refractivity contribution in [2.75, 3.05) is 20.3 Å². The van der Waals surface area contributed by atoms with Gasteiger partial charge in [-0.1, -0.05) is 36.4 Å². The van der Waals surface area contributed by atoms with E-state index in [9.17, 15) is 8.42 Å². The van der Waals surface area contributed by atoms with Crippen molar-refractivity contribution in [3.63, 3.8) is 0 Å². The molecule has 26 heavy (non-hydrogen) atoms. The molecule has 0 radical (unpaired) electrons. The molecule has 3 aromatic rings. The zero-order chi connectivity index (χ0) is 18.4. The molecule has 0 atom stereocenters. The number of thiophene rings is 1. The summed E-state index contributed by atoms with van der Waals surface area (Å²) in [6, 6.07) is 13.6. The summed E-state index contributed by atoms with van der Waals surface area (Å²) < 4.78 is 34.8. The molecule has 0 unspecified atom stereocenters. The van der Waals surface area contributed by atoms with E-state index in [0.29, 0.717) is 31.8 Å². The van der Waals surface area contributed by atoms with Crippen LogP contribution in [-0.2, 0) is 21.3 Å². The van der Waals surface area contributed by atoms with E-state index in [4.69, 9.17) is 4.74 Å². The fraction of sp³-hybridized carbons (Fsp3) is 0.278. The quantitative estimate of drug-likeness (QED) is 0.569. The molecule has 0 amide bonds. The zero-order valence-corrected chi connectivity index (χ0v) is 16.1. The summed E-state index contributed by atoms with van der Waals surface area (Å²) >= 11 is 1.47. The Balaban J connectivity index is 1.90. The lowest BCUT2D eigenvalue weighted by Gasteiger charge is -2.05. The van der Waals surface area contributed by atoms with E-state index in [1.54, 1.807) is 18.0 Å². The molecular formula is C18H21N3O3S2. The van der Waals surface area contributed by atoms with Crippen LogP contribution in [0.1, 0.15) is 12.0 Å². The van der Waals surface area contributed by atoms with Crippen molar-refractivity contribution < 1.29 is 13.2 Å². The average molecular weight is 392 g/mol.